The highest BCUT2D eigenvalue weighted by Gasteiger charge is 2.67. The van der Waals surface area contributed by atoms with Gasteiger partial charge in [-0.15, -0.1) is 5.10 Å². The van der Waals surface area contributed by atoms with Crippen molar-refractivity contribution in [3.63, 3.8) is 0 Å². The zero-order valence-corrected chi connectivity index (χ0v) is 45.6. The van der Waals surface area contributed by atoms with E-state index in [4.69, 9.17) is 0 Å². The normalized spacial score (nSPS) is 23.2. The third-order valence-corrected chi connectivity index (χ3v) is 16.7. The summed E-state index contributed by atoms with van der Waals surface area (Å²) in [5, 5.41) is 145. The summed E-state index contributed by atoms with van der Waals surface area (Å²) in [4.78, 5) is 95.6. The molecule has 4 aromatic heterocycles. The van der Waals surface area contributed by atoms with E-state index in [2.05, 4.69) is 20.9 Å². The molecule has 27 heteroatoms. The van der Waals surface area contributed by atoms with Crippen LogP contribution in [0.4, 0.5) is 0 Å². The molecule has 4 aliphatic carbocycles. The summed E-state index contributed by atoms with van der Waals surface area (Å²) in [7, 11) is 0. The molecule has 0 radical (unpaired) electrons. The number of pyridine rings is 3. The number of nitrogens with zero attached hydrogens (tertiary/aromatic N) is 6. The van der Waals surface area contributed by atoms with Gasteiger partial charge in [0.2, 0.25) is 5.91 Å². The van der Waals surface area contributed by atoms with E-state index < -0.39 is 166 Å². The number of rotatable bonds is 31. The van der Waals surface area contributed by atoms with E-state index >= 15 is 0 Å². The number of amides is 2. The van der Waals surface area contributed by atoms with Gasteiger partial charge in [0.1, 0.15) is 24.0 Å². The Morgan fingerprint density at radius 2 is 0.939 bits per heavy atom. The van der Waals surface area contributed by atoms with Gasteiger partial charge < -0.3 is 85.6 Å². The second-order valence-electron chi connectivity index (χ2n) is 23.3. The number of aryl methyl sites for hydroxylation is 2. The zero-order valence-electron chi connectivity index (χ0n) is 45.6. The second kappa shape index (κ2) is 26.3. The van der Waals surface area contributed by atoms with Gasteiger partial charge in [-0.3, -0.25) is 38.2 Å². The maximum absolute atomic E-state index is 14.5. The lowest BCUT2D eigenvalue weighted by atomic mass is 9.34. The third kappa shape index (κ3) is 14.4. The highest BCUT2D eigenvalue weighted by Crippen LogP contribution is 2.75. The van der Waals surface area contributed by atoms with Crippen LogP contribution in [0.5, 0.6) is 17.2 Å². The highest BCUT2D eigenvalue weighted by atomic mass is 16.4. The second-order valence-corrected chi connectivity index (χ2v) is 23.3. The summed E-state index contributed by atoms with van der Waals surface area (Å²) >= 11 is 0. The molecule has 8 unspecified atom stereocenters. The molecule has 27 nitrogen and oxygen atoms in total. The van der Waals surface area contributed by atoms with Gasteiger partial charge in [0.15, 0.2) is 27.9 Å². The van der Waals surface area contributed by atoms with Crippen molar-refractivity contribution >= 4 is 23.4 Å². The van der Waals surface area contributed by atoms with Crippen LogP contribution in [0.1, 0.15) is 127 Å². The number of unbranched alkanes of at least 4 members (excludes halogenated alkanes) is 2. The topological polar surface area (TPSA) is 440 Å². The molecule has 450 valence electrons. The van der Waals surface area contributed by atoms with E-state index in [-0.39, 0.29) is 70.4 Å². The molecule has 4 heterocycles. The van der Waals surface area contributed by atoms with Crippen LogP contribution in [0.2, 0.25) is 0 Å². The molecular weight excluding hydrogens is 1080 g/mol. The molecule has 4 saturated carbocycles. The highest BCUT2D eigenvalue weighted by molar-refractivity contribution is 5.97. The van der Waals surface area contributed by atoms with Crippen LogP contribution in [-0.2, 0) is 31.0 Å². The molecule has 11 N–H and O–H groups in total. The fraction of sp³-hybridized carbons (Fsp3) is 0.618. The lowest BCUT2D eigenvalue weighted by Crippen LogP contribution is -2.65. The molecule has 8 rings (SSSR count). The van der Waals surface area contributed by atoms with Crippen LogP contribution < -0.4 is 42.2 Å². The molecule has 0 spiro atoms. The zero-order chi connectivity index (χ0) is 59.9. The van der Waals surface area contributed by atoms with Gasteiger partial charge in [-0.2, -0.15) is 0 Å². The van der Waals surface area contributed by atoms with E-state index in [0.29, 0.717) is 45.1 Å². The van der Waals surface area contributed by atoms with Gasteiger partial charge in [0.25, 0.3) is 5.91 Å². The molecule has 0 aromatic carbocycles. The number of nitrogens with one attached hydrogen (secondary N) is 2. The summed E-state index contributed by atoms with van der Waals surface area (Å²) < 4.78 is 4.74. The van der Waals surface area contributed by atoms with Crippen LogP contribution in [0.25, 0.3) is 0 Å². The number of hydrogen-bond donors (Lipinski definition) is 11. The van der Waals surface area contributed by atoms with Gasteiger partial charge in [0, 0.05) is 81.9 Å². The number of carbonyl (C=O) groups is 4. The first-order valence-electron chi connectivity index (χ1n) is 27.4. The number of Topliss-reactive ketones (excluding diaryl/α,β-unsaturated/α-hetero) is 2. The Bertz CT molecular complexity index is 2860. The van der Waals surface area contributed by atoms with Crippen LogP contribution in [0.15, 0.2) is 57.4 Å². The van der Waals surface area contributed by atoms with Crippen molar-refractivity contribution in [3.05, 3.63) is 96.4 Å². The Kier molecular flexibility index (Phi) is 20.1. The molecule has 0 saturated heterocycles. The average Bonchev–Trinajstić information content (AvgIpc) is 1.65. The number of carbonyl (C=O) groups excluding carboxylic acids is 4. The van der Waals surface area contributed by atoms with Crippen molar-refractivity contribution in [3.8, 4) is 17.2 Å². The number of hydrogen-bond acceptors (Lipinski definition) is 21. The van der Waals surface area contributed by atoms with E-state index in [1.807, 2.05) is 6.92 Å². The molecule has 2 amide bonds. The van der Waals surface area contributed by atoms with E-state index in [9.17, 15) is 94.8 Å². The Hall–Kier alpha value is -6.69. The van der Waals surface area contributed by atoms with E-state index in [1.165, 1.54) is 0 Å². The van der Waals surface area contributed by atoms with E-state index in [0.717, 1.165) is 56.2 Å². The molecule has 4 aliphatic rings. The fourth-order valence-corrected chi connectivity index (χ4v) is 13.7. The Morgan fingerprint density at radius 3 is 1.35 bits per heavy atom. The van der Waals surface area contributed by atoms with Gasteiger partial charge in [0.05, 0.1) is 74.8 Å². The quantitative estimate of drug-likeness (QED) is 0.0170. The predicted molar refractivity (Wildman–Crippen MR) is 281 cm³/mol. The van der Waals surface area contributed by atoms with Crippen LogP contribution in [0.3, 0.4) is 0 Å². The number of aliphatic hydroxyl groups excluding tert-OH is 9. The largest absolute Gasteiger partial charge is 0.868 e. The maximum atomic E-state index is 14.5. The summed E-state index contributed by atoms with van der Waals surface area (Å²) in [6, 6.07) is 2.67. The van der Waals surface area contributed by atoms with Crippen molar-refractivity contribution in [1.82, 2.24) is 39.3 Å². The van der Waals surface area contributed by atoms with Gasteiger partial charge >= 0.3 is 0 Å². The number of aliphatic hydroxyl groups is 9. The van der Waals surface area contributed by atoms with Crippen molar-refractivity contribution in [2.75, 3.05) is 32.9 Å². The molecular formula is C55H73N8O19-3. The molecule has 10 atom stereocenters. The maximum Gasteiger partial charge on any atom is 0.267 e. The summed E-state index contributed by atoms with van der Waals surface area (Å²) in [5.74, 6) is -6.55. The van der Waals surface area contributed by atoms with Crippen LogP contribution >= 0.6 is 0 Å². The lowest BCUT2D eigenvalue weighted by molar-refractivity contribution is -0.271. The summed E-state index contributed by atoms with van der Waals surface area (Å²) in [5.41, 5.74) is -8.01. The van der Waals surface area contributed by atoms with Crippen molar-refractivity contribution in [1.29, 1.82) is 0 Å². The fourth-order valence-electron chi connectivity index (χ4n) is 13.7. The summed E-state index contributed by atoms with van der Waals surface area (Å²) in [6.45, 7) is -2.05. The molecule has 82 heavy (non-hydrogen) atoms. The first kappa shape index (κ1) is 62.9. The standard InChI is InChI=1S/C55H76N8O19/c1-32-17-63(59-58-32)13-4-2-3-5-44(78)56-30-54-25-52(11-6-33(67)45-48(79)35(69)8-14-60(45)18-38(72)41(75)21-64)24-53(26-54,12-7-34(68)46-49(80)36(70)9-15-61(46)19-39(73)42(76)22-65)28-55(27-52,29-54)31-57-51(82)47-50(81)37(71)10-16-62(47)20-40(74)43(77)23-66/h8-10,14-17,38-43,64-66,72-77,79-81H,2-7,11-13,18-31H2,1H3,(H,56,78)(H,57,82)/p-3/t38?,39?,40?,41?,42?,43?,52-,53+,54?,55?. The van der Waals surface area contributed by atoms with Crippen molar-refractivity contribution < 1.29 is 80.5 Å². The first-order chi connectivity index (χ1) is 38.8. The predicted octanol–water partition coefficient (Wildman–Crippen LogP) is -3.81. The SMILES string of the molecule is Cc1cn(CCCCCC(=O)NCC23CC4(CNC(=O)c5c([O-])c(=O)ccn5CC(O)C(O)CO)C[C@](CCC(=O)c5c([O-])c(=O)ccn5CC(O)C(O)CO)(C2)C[C@](CCC(=O)c2c([O-])c(=O)ccn2CC(O)C(O)CO)(C3)C4)nn1. The molecule has 0 aliphatic heterocycles. The Morgan fingerprint density at radius 1 is 0.549 bits per heavy atom. The lowest BCUT2D eigenvalue weighted by Gasteiger charge is -2.71. The van der Waals surface area contributed by atoms with E-state index in [1.54, 1.807) is 10.9 Å². The van der Waals surface area contributed by atoms with Crippen LogP contribution in [0, 0.1) is 28.6 Å². The molecule has 4 aromatic rings. The van der Waals surface area contributed by atoms with Gasteiger partial charge in [-0.05, 0) is 110 Å². The minimum absolute atomic E-state index is 0.00454. The molecule has 4 bridgehead atoms. The monoisotopic (exact) mass is 1150 g/mol. The van der Waals surface area contributed by atoms with Crippen LogP contribution in [-0.4, -0.2) is 168 Å². The Labute approximate surface area is 469 Å². The van der Waals surface area contributed by atoms with Crippen molar-refractivity contribution in [2.24, 2.45) is 21.7 Å². The summed E-state index contributed by atoms with van der Waals surface area (Å²) in [6.07, 6.45) is -1.89. The Balaban J connectivity index is 1.26. The van der Waals surface area contributed by atoms with Gasteiger partial charge in [-0.1, -0.05) is 11.6 Å². The minimum Gasteiger partial charge on any atom is -0.868 e. The smallest absolute Gasteiger partial charge is 0.267 e. The van der Waals surface area contributed by atoms with Gasteiger partial charge in [-0.25, -0.2) is 0 Å². The number of aromatic nitrogens is 6. The minimum atomic E-state index is -1.69. The number of ketones is 2. The molecule has 4 fully saturated rings. The first-order valence-corrected chi connectivity index (χ1v) is 27.4. The third-order valence-electron chi connectivity index (χ3n) is 16.7. The van der Waals surface area contributed by atoms with Crippen molar-refractivity contribution in [2.45, 2.75) is 160 Å². The average molecular weight is 1150 g/mol.